The first-order valence-corrected chi connectivity index (χ1v) is 7.00. The van der Waals surface area contributed by atoms with Gasteiger partial charge in [-0.05, 0) is 24.3 Å². The van der Waals surface area contributed by atoms with Crippen LogP contribution in [-0.4, -0.2) is 30.6 Å². The summed E-state index contributed by atoms with van der Waals surface area (Å²) in [6.07, 6.45) is 2.82. The Morgan fingerprint density at radius 3 is 2.68 bits per heavy atom. The predicted octanol–water partition coefficient (Wildman–Crippen LogP) is 0.392. The molecule has 2 N–H and O–H groups in total. The summed E-state index contributed by atoms with van der Waals surface area (Å²) in [4.78, 5) is 4.07. The molecular weight excluding hydrogens is 266 g/mol. The van der Waals surface area contributed by atoms with Crippen LogP contribution in [0.5, 0.6) is 0 Å². The van der Waals surface area contributed by atoms with Crippen LogP contribution in [0.3, 0.4) is 0 Å². The largest absolute Gasteiger partial charge is 0.373 e. The Kier molecular flexibility index (Phi) is 4.03. The van der Waals surface area contributed by atoms with Gasteiger partial charge < -0.3 is 5.32 Å². The lowest BCUT2D eigenvalue weighted by molar-refractivity contribution is 0.579. The first-order chi connectivity index (χ1) is 9.12. The van der Waals surface area contributed by atoms with Crippen LogP contribution in [0.2, 0.25) is 0 Å². The highest BCUT2D eigenvalue weighted by Crippen LogP contribution is 2.10. The third-order valence-electron chi connectivity index (χ3n) is 2.37. The minimum atomic E-state index is -3.59. The fraction of sp³-hybridized carbons (Fsp3) is 0.182. The van der Waals surface area contributed by atoms with E-state index in [9.17, 15) is 8.42 Å². The van der Waals surface area contributed by atoms with Crippen LogP contribution in [0.25, 0.3) is 0 Å². The monoisotopic (exact) mass is 279 g/mol. The summed E-state index contributed by atoms with van der Waals surface area (Å²) in [6, 6.07) is 6.46. The number of pyridine rings is 1. The minimum Gasteiger partial charge on any atom is -0.373 e. The van der Waals surface area contributed by atoms with Crippen LogP contribution in [-0.2, 0) is 16.6 Å². The van der Waals surface area contributed by atoms with E-state index in [0.717, 1.165) is 0 Å². The van der Waals surface area contributed by atoms with Crippen molar-refractivity contribution in [1.82, 2.24) is 19.9 Å². The minimum absolute atomic E-state index is 0.0873. The highest BCUT2D eigenvalue weighted by atomic mass is 32.2. The topological polar surface area (TPSA) is 96.9 Å². The summed E-state index contributed by atoms with van der Waals surface area (Å²) in [7, 11) is -1.88. The second-order valence-corrected chi connectivity index (χ2v) is 5.44. The van der Waals surface area contributed by atoms with E-state index in [4.69, 9.17) is 0 Å². The third-order valence-corrected chi connectivity index (χ3v) is 3.76. The molecule has 2 heterocycles. The van der Waals surface area contributed by atoms with Crippen LogP contribution in [0.4, 0.5) is 5.82 Å². The first-order valence-electron chi connectivity index (χ1n) is 5.52. The van der Waals surface area contributed by atoms with Crippen LogP contribution < -0.4 is 10.0 Å². The van der Waals surface area contributed by atoms with Gasteiger partial charge in [0.1, 0.15) is 10.7 Å². The molecule has 2 aromatic heterocycles. The van der Waals surface area contributed by atoms with Crippen molar-refractivity contribution in [2.24, 2.45) is 0 Å². The average molecular weight is 279 g/mol. The predicted molar refractivity (Wildman–Crippen MR) is 69.8 cm³/mol. The van der Waals surface area contributed by atoms with Gasteiger partial charge in [0.25, 0.3) is 0 Å². The zero-order valence-electron chi connectivity index (χ0n) is 10.2. The maximum absolute atomic E-state index is 12.0. The molecule has 100 valence electrons. The van der Waals surface area contributed by atoms with Gasteiger partial charge >= 0.3 is 0 Å². The van der Waals surface area contributed by atoms with Crippen molar-refractivity contribution in [3.8, 4) is 0 Å². The number of nitrogens with zero attached hydrogens (tertiary/aromatic N) is 3. The van der Waals surface area contributed by atoms with E-state index in [1.807, 2.05) is 0 Å². The molecule has 2 aromatic rings. The molecule has 0 atom stereocenters. The van der Waals surface area contributed by atoms with Crippen molar-refractivity contribution >= 4 is 15.8 Å². The number of anilines is 1. The van der Waals surface area contributed by atoms with Crippen LogP contribution >= 0.6 is 0 Å². The molecule has 0 fully saturated rings. The first kappa shape index (κ1) is 13.4. The van der Waals surface area contributed by atoms with Crippen LogP contribution in [0, 0.1) is 0 Å². The molecule has 0 saturated heterocycles. The van der Waals surface area contributed by atoms with E-state index in [2.05, 4.69) is 25.2 Å². The molecule has 0 aliphatic heterocycles. The molecule has 0 aliphatic rings. The van der Waals surface area contributed by atoms with Crippen molar-refractivity contribution in [2.75, 3.05) is 12.4 Å². The smallest absolute Gasteiger partial charge is 0.242 e. The van der Waals surface area contributed by atoms with E-state index in [1.54, 1.807) is 25.2 Å². The molecule has 0 bridgehead atoms. The van der Waals surface area contributed by atoms with Crippen molar-refractivity contribution in [2.45, 2.75) is 11.4 Å². The fourth-order valence-electron chi connectivity index (χ4n) is 1.37. The van der Waals surface area contributed by atoms with E-state index >= 15 is 0 Å². The normalized spacial score (nSPS) is 11.2. The van der Waals surface area contributed by atoms with E-state index in [-0.39, 0.29) is 11.4 Å². The second-order valence-electron chi connectivity index (χ2n) is 3.67. The lowest BCUT2D eigenvalue weighted by Crippen LogP contribution is -2.24. The molecule has 2 rings (SSSR count). The SMILES string of the molecule is CNc1ccc(S(=O)(=O)NCc2cccnn2)cn1. The van der Waals surface area contributed by atoms with Crippen molar-refractivity contribution < 1.29 is 8.42 Å². The molecule has 19 heavy (non-hydrogen) atoms. The van der Waals surface area contributed by atoms with E-state index < -0.39 is 10.0 Å². The molecule has 0 saturated carbocycles. The van der Waals surface area contributed by atoms with Crippen LogP contribution in [0.15, 0.2) is 41.6 Å². The number of hydrogen-bond donors (Lipinski definition) is 2. The van der Waals surface area contributed by atoms with Gasteiger partial charge in [-0.15, -0.1) is 0 Å². The van der Waals surface area contributed by atoms with Crippen molar-refractivity contribution in [1.29, 1.82) is 0 Å². The van der Waals surface area contributed by atoms with Crippen molar-refractivity contribution in [3.63, 3.8) is 0 Å². The van der Waals surface area contributed by atoms with Gasteiger partial charge in [0, 0.05) is 19.4 Å². The number of sulfonamides is 1. The van der Waals surface area contributed by atoms with Gasteiger partial charge in [0.15, 0.2) is 0 Å². The highest BCUT2D eigenvalue weighted by molar-refractivity contribution is 7.89. The Hall–Kier alpha value is -2.06. The standard InChI is InChI=1S/C11H13N5O2S/c1-12-11-5-4-10(8-13-11)19(17,18)15-7-9-3-2-6-14-16-9/h2-6,8,15H,7H2,1H3,(H,12,13). The summed E-state index contributed by atoms with van der Waals surface area (Å²) in [5.74, 6) is 0.605. The Labute approximate surface area is 111 Å². The lowest BCUT2D eigenvalue weighted by Gasteiger charge is -2.06. The zero-order valence-corrected chi connectivity index (χ0v) is 11.1. The van der Waals surface area contributed by atoms with Crippen LogP contribution in [0.1, 0.15) is 5.69 Å². The molecule has 0 spiro atoms. The molecule has 8 heteroatoms. The molecule has 0 aliphatic carbocycles. The van der Waals surface area contributed by atoms with Gasteiger partial charge in [-0.3, -0.25) is 0 Å². The average Bonchev–Trinajstić information content (AvgIpc) is 2.46. The van der Waals surface area contributed by atoms with E-state index in [1.165, 1.54) is 18.5 Å². The van der Waals surface area contributed by atoms with Gasteiger partial charge in [-0.1, -0.05) is 0 Å². The molecule has 0 amide bonds. The Bertz CT molecular complexity index is 628. The van der Waals surface area contributed by atoms with Crippen molar-refractivity contribution in [3.05, 3.63) is 42.4 Å². The molecule has 0 radical (unpaired) electrons. The van der Waals surface area contributed by atoms with Gasteiger partial charge in [-0.2, -0.15) is 10.2 Å². The number of hydrogen-bond acceptors (Lipinski definition) is 6. The number of rotatable bonds is 5. The third kappa shape index (κ3) is 3.46. The summed E-state index contributed by atoms with van der Waals surface area (Å²) < 4.78 is 26.4. The maximum Gasteiger partial charge on any atom is 0.242 e. The molecule has 0 unspecified atom stereocenters. The summed E-state index contributed by atoms with van der Waals surface area (Å²) in [6.45, 7) is 0.0873. The van der Waals surface area contributed by atoms with E-state index in [0.29, 0.717) is 11.5 Å². The quantitative estimate of drug-likeness (QED) is 0.822. The molecular formula is C11H13N5O2S. The Morgan fingerprint density at radius 2 is 2.11 bits per heavy atom. The Balaban J connectivity index is 2.09. The molecule has 7 nitrogen and oxygen atoms in total. The number of aromatic nitrogens is 3. The van der Waals surface area contributed by atoms with Gasteiger partial charge in [-0.25, -0.2) is 18.1 Å². The highest BCUT2D eigenvalue weighted by Gasteiger charge is 2.14. The summed E-state index contributed by atoms with van der Waals surface area (Å²) in [5, 5.41) is 10.3. The molecule has 0 aromatic carbocycles. The van der Waals surface area contributed by atoms with Gasteiger partial charge in [0.2, 0.25) is 10.0 Å². The fourth-order valence-corrected chi connectivity index (χ4v) is 2.31. The second kappa shape index (κ2) is 5.72. The lowest BCUT2D eigenvalue weighted by atomic mass is 10.4. The summed E-state index contributed by atoms with van der Waals surface area (Å²) in [5.41, 5.74) is 0.547. The number of nitrogens with one attached hydrogen (secondary N) is 2. The zero-order chi connectivity index (χ0) is 13.7. The summed E-state index contributed by atoms with van der Waals surface area (Å²) >= 11 is 0. The maximum atomic E-state index is 12.0. The van der Waals surface area contributed by atoms with Gasteiger partial charge in [0.05, 0.1) is 12.2 Å². The Morgan fingerprint density at radius 1 is 1.26 bits per heavy atom.